The number of ether oxygens (including phenoxy) is 1. The molecule has 0 aliphatic carbocycles. The van der Waals surface area contributed by atoms with Crippen LogP contribution in [0.4, 0.5) is 0 Å². The third-order valence-electron chi connectivity index (χ3n) is 4.31. The lowest BCUT2D eigenvalue weighted by atomic mass is 10.0. The lowest BCUT2D eigenvalue weighted by molar-refractivity contribution is -0.134. The maximum atomic E-state index is 12.4. The molecule has 0 spiro atoms. The van der Waals surface area contributed by atoms with Crippen molar-refractivity contribution in [2.45, 2.75) is 4.90 Å². The van der Waals surface area contributed by atoms with E-state index < -0.39 is 0 Å². The van der Waals surface area contributed by atoms with Gasteiger partial charge in [0.2, 0.25) is 5.91 Å². The molecule has 1 fully saturated rings. The van der Waals surface area contributed by atoms with Gasteiger partial charge in [0.1, 0.15) is 0 Å². The van der Waals surface area contributed by atoms with Gasteiger partial charge in [-0.1, -0.05) is 24.3 Å². The molecule has 0 aromatic heterocycles. The molecule has 0 radical (unpaired) electrons. The normalized spacial score (nSPS) is 14.1. The number of rotatable bonds is 5. The first kappa shape index (κ1) is 18.5. The average Bonchev–Trinajstić information content (AvgIpc) is 2.72. The van der Waals surface area contributed by atoms with E-state index in [9.17, 15) is 9.59 Å². The maximum absolute atomic E-state index is 12.4. The van der Waals surface area contributed by atoms with E-state index in [0.29, 0.717) is 31.9 Å². The monoisotopic (exact) mass is 370 g/mol. The highest BCUT2D eigenvalue weighted by Crippen LogP contribution is 2.23. The molecule has 0 bridgehead atoms. The number of nitrogens with zero attached hydrogens (tertiary/aromatic N) is 1. The van der Waals surface area contributed by atoms with E-state index >= 15 is 0 Å². The second-order valence-electron chi connectivity index (χ2n) is 5.99. The van der Waals surface area contributed by atoms with E-state index in [1.165, 1.54) is 4.90 Å². The summed E-state index contributed by atoms with van der Waals surface area (Å²) in [5.74, 6) is -0.320. The Bertz CT molecular complexity index is 771. The van der Waals surface area contributed by atoms with Crippen LogP contribution in [0.1, 0.15) is 10.4 Å². The summed E-state index contributed by atoms with van der Waals surface area (Å²) in [6.45, 7) is 2.27. The molecule has 0 saturated carbocycles. The second kappa shape index (κ2) is 8.87. The first-order valence-electron chi connectivity index (χ1n) is 8.55. The van der Waals surface area contributed by atoms with Crippen LogP contribution >= 0.6 is 11.8 Å². The molecule has 0 unspecified atom stereocenters. The van der Waals surface area contributed by atoms with Crippen molar-refractivity contribution in [3.05, 3.63) is 54.1 Å². The highest BCUT2D eigenvalue weighted by molar-refractivity contribution is 7.98. The van der Waals surface area contributed by atoms with Crippen molar-refractivity contribution < 1.29 is 14.3 Å². The fraction of sp³-hybridized carbons (Fsp3) is 0.300. The van der Waals surface area contributed by atoms with Crippen LogP contribution in [0, 0.1) is 0 Å². The second-order valence-corrected chi connectivity index (χ2v) is 6.86. The zero-order chi connectivity index (χ0) is 18.4. The van der Waals surface area contributed by atoms with Gasteiger partial charge in [0, 0.05) is 23.5 Å². The van der Waals surface area contributed by atoms with E-state index in [4.69, 9.17) is 4.74 Å². The third kappa shape index (κ3) is 4.65. The Kier molecular flexibility index (Phi) is 6.30. The van der Waals surface area contributed by atoms with Gasteiger partial charge in [-0.3, -0.25) is 9.59 Å². The number of carbonyl (C=O) groups excluding carboxylic acids is 2. The fourth-order valence-corrected chi connectivity index (χ4v) is 3.21. The van der Waals surface area contributed by atoms with Gasteiger partial charge in [-0.25, -0.2) is 0 Å². The molecule has 2 aromatic carbocycles. The van der Waals surface area contributed by atoms with Gasteiger partial charge >= 0.3 is 0 Å². The third-order valence-corrected chi connectivity index (χ3v) is 5.06. The Morgan fingerprint density at radius 2 is 1.81 bits per heavy atom. The average molecular weight is 370 g/mol. The van der Waals surface area contributed by atoms with E-state index in [-0.39, 0.29) is 18.4 Å². The van der Waals surface area contributed by atoms with Gasteiger partial charge in [-0.15, -0.1) is 11.8 Å². The first-order chi connectivity index (χ1) is 12.7. The van der Waals surface area contributed by atoms with Gasteiger partial charge in [-0.05, 0) is 41.6 Å². The molecular weight excluding hydrogens is 348 g/mol. The van der Waals surface area contributed by atoms with E-state index in [1.54, 1.807) is 22.7 Å². The van der Waals surface area contributed by atoms with Gasteiger partial charge in [-0.2, -0.15) is 0 Å². The predicted molar refractivity (Wildman–Crippen MR) is 103 cm³/mol. The highest BCUT2D eigenvalue weighted by Gasteiger charge is 2.17. The molecule has 136 valence electrons. The quantitative estimate of drug-likeness (QED) is 0.822. The van der Waals surface area contributed by atoms with Crippen molar-refractivity contribution in [3.63, 3.8) is 0 Å². The number of amides is 2. The van der Waals surface area contributed by atoms with Crippen LogP contribution in [0.3, 0.4) is 0 Å². The SMILES string of the molecule is CSc1ccc(-c2cccc(C(=O)NCC(=O)N3CCOCC3)c2)cc1. The molecule has 6 heteroatoms. The number of benzene rings is 2. The van der Waals surface area contributed by atoms with E-state index in [2.05, 4.69) is 17.4 Å². The van der Waals surface area contributed by atoms with Gasteiger partial charge < -0.3 is 15.0 Å². The number of nitrogens with one attached hydrogen (secondary N) is 1. The predicted octanol–water partition coefficient (Wildman–Crippen LogP) is 2.66. The number of thioether (sulfide) groups is 1. The fourth-order valence-electron chi connectivity index (χ4n) is 2.81. The minimum absolute atomic E-state index is 0.00544. The maximum Gasteiger partial charge on any atom is 0.251 e. The topological polar surface area (TPSA) is 58.6 Å². The lowest BCUT2D eigenvalue weighted by Crippen LogP contribution is -2.45. The van der Waals surface area contributed by atoms with Crippen LogP contribution in [-0.4, -0.2) is 55.8 Å². The molecule has 1 aliphatic rings. The molecule has 2 aromatic rings. The molecule has 3 rings (SSSR count). The van der Waals surface area contributed by atoms with Crippen LogP contribution in [0.2, 0.25) is 0 Å². The molecule has 1 heterocycles. The van der Waals surface area contributed by atoms with Gasteiger partial charge in [0.25, 0.3) is 5.91 Å². The molecular formula is C20H22N2O3S. The first-order valence-corrected chi connectivity index (χ1v) is 9.78. The smallest absolute Gasteiger partial charge is 0.251 e. The Morgan fingerprint density at radius 3 is 2.50 bits per heavy atom. The number of hydrogen-bond acceptors (Lipinski definition) is 4. The summed E-state index contributed by atoms with van der Waals surface area (Å²) in [5, 5.41) is 2.72. The molecule has 1 saturated heterocycles. The van der Waals surface area contributed by atoms with E-state index in [1.807, 2.05) is 36.6 Å². The van der Waals surface area contributed by atoms with Crippen molar-refractivity contribution in [2.24, 2.45) is 0 Å². The van der Waals surface area contributed by atoms with Crippen LogP contribution in [0.5, 0.6) is 0 Å². The molecule has 26 heavy (non-hydrogen) atoms. The summed E-state index contributed by atoms with van der Waals surface area (Å²) in [6, 6.07) is 15.7. The minimum Gasteiger partial charge on any atom is -0.378 e. The summed E-state index contributed by atoms with van der Waals surface area (Å²) in [4.78, 5) is 27.5. The summed E-state index contributed by atoms with van der Waals surface area (Å²) in [6.07, 6.45) is 2.04. The molecule has 0 atom stereocenters. The van der Waals surface area contributed by atoms with E-state index in [0.717, 1.165) is 11.1 Å². The summed E-state index contributed by atoms with van der Waals surface area (Å²) in [7, 11) is 0. The molecule has 5 nitrogen and oxygen atoms in total. The van der Waals surface area contributed by atoms with Crippen molar-refractivity contribution in [1.29, 1.82) is 0 Å². The van der Waals surface area contributed by atoms with Crippen molar-refractivity contribution >= 4 is 23.6 Å². The van der Waals surface area contributed by atoms with Crippen LogP contribution in [0.25, 0.3) is 11.1 Å². The number of carbonyl (C=O) groups is 2. The number of morpholine rings is 1. The van der Waals surface area contributed by atoms with Crippen molar-refractivity contribution in [3.8, 4) is 11.1 Å². The summed E-state index contributed by atoms with van der Waals surface area (Å²) < 4.78 is 5.23. The van der Waals surface area contributed by atoms with Crippen molar-refractivity contribution in [1.82, 2.24) is 10.2 Å². The number of hydrogen-bond donors (Lipinski definition) is 1. The molecule has 1 N–H and O–H groups in total. The zero-order valence-electron chi connectivity index (χ0n) is 14.7. The minimum atomic E-state index is -0.241. The lowest BCUT2D eigenvalue weighted by Gasteiger charge is -2.26. The van der Waals surface area contributed by atoms with Crippen molar-refractivity contribution in [2.75, 3.05) is 39.1 Å². The highest BCUT2D eigenvalue weighted by atomic mass is 32.2. The van der Waals surface area contributed by atoms with Gasteiger partial charge in [0.05, 0.1) is 19.8 Å². The Labute approximate surface area is 157 Å². The summed E-state index contributed by atoms with van der Waals surface area (Å²) in [5.41, 5.74) is 2.58. The van der Waals surface area contributed by atoms with Crippen LogP contribution in [0.15, 0.2) is 53.4 Å². The zero-order valence-corrected chi connectivity index (χ0v) is 15.6. The Morgan fingerprint density at radius 1 is 1.08 bits per heavy atom. The largest absolute Gasteiger partial charge is 0.378 e. The van der Waals surface area contributed by atoms with Crippen LogP contribution < -0.4 is 5.32 Å². The van der Waals surface area contributed by atoms with Gasteiger partial charge in [0.15, 0.2) is 0 Å². The van der Waals surface area contributed by atoms with Crippen LogP contribution in [-0.2, 0) is 9.53 Å². The molecule has 1 aliphatic heterocycles. The summed E-state index contributed by atoms with van der Waals surface area (Å²) >= 11 is 1.69. The standard InChI is InChI=1S/C20H22N2O3S/c1-26-18-7-5-15(6-8-18)16-3-2-4-17(13-16)20(24)21-14-19(23)22-9-11-25-12-10-22/h2-8,13H,9-12,14H2,1H3,(H,21,24). The Hall–Kier alpha value is -2.31. The molecule has 2 amide bonds. The Balaban J connectivity index is 1.63.